The molecule has 0 aromatic heterocycles. The molecule has 0 spiro atoms. The third kappa shape index (κ3) is 6.42. The van der Waals surface area contributed by atoms with Gasteiger partial charge in [0, 0.05) is 11.1 Å². The molecule has 0 bridgehead atoms. The number of nitrogens with one attached hydrogen (secondary N) is 2. The van der Waals surface area contributed by atoms with E-state index in [1.54, 1.807) is 0 Å². The Hall–Kier alpha value is -5.52. The van der Waals surface area contributed by atoms with Crippen LogP contribution in [-0.2, 0) is 29.7 Å². The number of rotatable bonds is 9. The molecule has 56 heavy (non-hydrogen) atoms. The van der Waals surface area contributed by atoms with Gasteiger partial charge in [-0.05, 0) is 57.7 Å². The van der Waals surface area contributed by atoms with Crippen molar-refractivity contribution in [3.05, 3.63) is 130 Å². The fraction of sp³-hybridized carbons (Fsp3) is 0.176. The highest BCUT2D eigenvalue weighted by Crippen LogP contribution is 2.53. The first-order valence-electron chi connectivity index (χ1n) is 16.5. The maximum Gasteiger partial charge on any atom is 0.573 e. The summed E-state index contributed by atoms with van der Waals surface area (Å²) in [7, 11) is -11.3. The van der Waals surface area contributed by atoms with Gasteiger partial charge >= 0.3 is 12.7 Å². The summed E-state index contributed by atoms with van der Waals surface area (Å²) in [6, 6.07) is 10.7. The lowest BCUT2D eigenvalue weighted by molar-refractivity contribution is -0.276. The number of fused-ring (bicyclic) bond motifs is 2. The molecule has 0 fully saturated rings. The number of nitrogens with zero attached hydrogens (tertiary/aromatic N) is 2. The molecule has 4 aromatic carbocycles. The number of hydrogen-bond donors (Lipinski definition) is 6. The zero-order chi connectivity index (χ0) is 42.6. The van der Waals surface area contributed by atoms with Crippen molar-refractivity contribution >= 4 is 32.4 Å². The van der Waals surface area contributed by atoms with E-state index in [1.807, 2.05) is 0 Å². The lowest BCUT2D eigenvalue weighted by Gasteiger charge is -2.41. The van der Waals surface area contributed by atoms with E-state index in [9.17, 15) is 52.3 Å². The monoisotopic (exact) mass is 824 g/mol. The molecule has 0 saturated carbocycles. The molecule has 4 aromatic rings. The Balaban J connectivity index is 1.66. The van der Waals surface area contributed by atoms with Crippen LogP contribution in [0.2, 0.25) is 2.82 Å². The molecule has 0 aliphatic heterocycles. The van der Waals surface area contributed by atoms with Crippen molar-refractivity contribution in [1.82, 2.24) is 0 Å². The Morgan fingerprint density at radius 3 is 1.30 bits per heavy atom. The van der Waals surface area contributed by atoms with Gasteiger partial charge in [0.15, 0.2) is 9.49 Å². The number of alkyl halides is 6. The van der Waals surface area contributed by atoms with Crippen LogP contribution in [-0.4, -0.2) is 50.7 Å². The Morgan fingerprint density at radius 1 is 0.625 bits per heavy atom. The SMILES string of the molecule is [H]/N=N/C1=Cc2ccccc2C(c2ccc(-c3ccc(C4(S(=O)(=O)O)c5ccccc5C=C(/N=N/[H])C4N)c(OC(F)(F)F)c3)cc2OC(F)(F)F)(S(=O)(=O)O)C1N. The molecule has 6 rings (SSSR count). The molecule has 0 heterocycles. The number of hydrogen-bond acceptors (Lipinski definition) is 12. The third-order valence-electron chi connectivity index (χ3n) is 9.43. The van der Waals surface area contributed by atoms with Crippen molar-refractivity contribution in [1.29, 1.82) is 11.0 Å². The van der Waals surface area contributed by atoms with Crippen molar-refractivity contribution < 1.29 is 64.6 Å². The summed E-state index contributed by atoms with van der Waals surface area (Å²) in [5.74, 6) is -2.65. The highest BCUT2D eigenvalue weighted by Gasteiger charge is 2.59. The molecule has 0 radical (unpaired) electrons. The van der Waals surface area contributed by atoms with Crippen LogP contribution in [0.3, 0.4) is 0 Å². The molecule has 0 saturated heterocycles. The van der Waals surface area contributed by atoms with Crippen molar-refractivity contribution in [2.24, 2.45) is 21.7 Å². The minimum atomic E-state index is -5.66. The van der Waals surface area contributed by atoms with E-state index in [2.05, 4.69) is 30.8 Å². The smallest absolute Gasteiger partial charge is 0.405 e. The average molecular weight is 825 g/mol. The summed E-state index contributed by atoms with van der Waals surface area (Å²) in [5.41, 5.74) is 14.0. The van der Waals surface area contributed by atoms with Gasteiger partial charge < -0.3 is 20.9 Å². The summed E-state index contributed by atoms with van der Waals surface area (Å²) in [4.78, 5) is 0. The fourth-order valence-electron chi connectivity index (χ4n) is 7.29. The average Bonchev–Trinajstić information content (AvgIpc) is 3.11. The molecule has 4 atom stereocenters. The standard InChI is InChI=1S/C34H26F6N6O8S2/c35-33(36,37)53-27-15-17(9-11-23(27)31(55(47,48)49)21-7-3-1-5-19(21)13-25(45-43)29(31)41)18-10-12-24(28(16-18)54-34(38,39)40)32(56(50,51)52)22-8-4-2-6-20(22)14-26(46-44)30(32)42/h1-16,29-30,43-44H,41-42H2,(H,47,48,49)(H,50,51,52)/b45-43+,46-44+. The Kier molecular flexibility index (Phi) is 9.08. The summed E-state index contributed by atoms with van der Waals surface area (Å²) >= 11 is 0. The molecule has 294 valence electrons. The van der Waals surface area contributed by atoms with E-state index in [-0.39, 0.29) is 22.3 Å². The Labute approximate surface area is 315 Å². The molecular weight excluding hydrogens is 799 g/mol. The summed E-state index contributed by atoms with van der Waals surface area (Å²) in [5, 5.41) is 7.00. The number of halogens is 6. The fourth-order valence-corrected chi connectivity index (χ4v) is 10.00. The van der Waals surface area contributed by atoms with Crippen LogP contribution in [0, 0.1) is 11.0 Å². The van der Waals surface area contributed by atoms with Crippen molar-refractivity contribution in [3.8, 4) is 22.6 Å². The molecule has 0 amide bonds. The van der Waals surface area contributed by atoms with Crippen molar-refractivity contribution in [2.45, 2.75) is 34.3 Å². The van der Waals surface area contributed by atoms with Gasteiger partial charge in [-0.1, -0.05) is 72.8 Å². The Bertz CT molecular complexity index is 2480. The lowest BCUT2D eigenvalue weighted by Crippen LogP contribution is -2.54. The van der Waals surface area contributed by atoms with Gasteiger partial charge in [0.2, 0.25) is 2.82 Å². The largest absolute Gasteiger partial charge is 0.573 e. The van der Waals surface area contributed by atoms with Gasteiger partial charge in [-0.25, -0.2) is 11.0 Å². The van der Waals surface area contributed by atoms with Gasteiger partial charge in [-0.3, -0.25) is 9.11 Å². The minimum Gasteiger partial charge on any atom is -0.405 e. The first kappa shape index (κ1) is 37.4. The van der Waals surface area contributed by atoms with Gasteiger partial charge in [0.25, 0.3) is 20.2 Å². The van der Waals surface area contributed by atoms with E-state index in [4.69, 9.17) is 14.3 Å². The second kappa shape index (κ2) is 13.6. The predicted molar refractivity (Wildman–Crippen MR) is 185 cm³/mol. The normalized spacial score (nSPS) is 23.5. The van der Waals surface area contributed by atoms with E-state index in [1.165, 1.54) is 48.6 Å². The zero-order valence-electron chi connectivity index (χ0n) is 29.8. The molecule has 2 aliphatic carbocycles. The van der Waals surface area contributed by atoms with Crippen LogP contribution in [0.1, 0.15) is 33.4 Å². The van der Waals surface area contributed by atoms with Crippen LogP contribution >= 0.6 is 0 Å². The van der Waals surface area contributed by atoms with E-state index in [0.29, 0.717) is 12.1 Å². The molecule has 22 heteroatoms. The Morgan fingerprint density at radius 2 is 0.982 bits per heavy atom. The highest BCUT2D eigenvalue weighted by atomic mass is 32.2. The maximum absolute atomic E-state index is 14.1. The minimum absolute atomic E-state index is 0.0201. The number of nitrogens with two attached hydrogens (primary N) is 2. The zero-order valence-corrected chi connectivity index (χ0v) is 29.4. The number of ether oxygens (including phenoxy) is 2. The molecule has 14 nitrogen and oxygen atoms in total. The lowest BCUT2D eigenvalue weighted by atomic mass is 9.75. The second-order valence-corrected chi connectivity index (χ2v) is 15.6. The van der Waals surface area contributed by atoms with Crippen molar-refractivity contribution in [3.63, 3.8) is 0 Å². The van der Waals surface area contributed by atoms with Crippen LogP contribution in [0.5, 0.6) is 11.5 Å². The van der Waals surface area contributed by atoms with Gasteiger partial charge in [-0.15, -0.1) is 26.3 Å². The van der Waals surface area contributed by atoms with Gasteiger partial charge in [0.1, 0.15) is 11.5 Å². The van der Waals surface area contributed by atoms with Crippen LogP contribution in [0.25, 0.3) is 23.3 Å². The molecule has 8 N–H and O–H groups in total. The van der Waals surface area contributed by atoms with Gasteiger partial charge in [-0.2, -0.15) is 27.1 Å². The quantitative estimate of drug-likeness (QED) is 0.0582. The van der Waals surface area contributed by atoms with E-state index < -0.39 is 99.7 Å². The van der Waals surface area contributed by atoms with Crippen LogP contribution in [0.15, 0.2) is 107 Å². The van der Waals surface area contributed by atoms with Crippen molar-refractivity contribution in [2.75, 3.05) is 0 Å². The van der Waals surface area contributed by atoms with Gasteiger partial charge in [0.05, 0.1) is 23.5 Å². The summed E-state index contributed by atoms with van der Waals surface area (Å²) < 4.78 is 178. The van der Waals surface area contributed by atoms with Crippen LogP contribution in [0.4, 0.5) is 26.3 Å². The third-order valence-corrected chi connectivity index (χ3v) is 12.4. The highest BCUT2D eigenvalue weighted by molar-refractivity contribution is 7.87. The summed E-state index contributed by atoms with van der Waals surface area (Å²) in [6.07, 6.45) is -8.77. The number of benzene rings is 4. The van der Waals surface area contributed by atoms with Crippen LogP contribution < -0.4 is 20.9 Å². The van der Waals surface area contributed by atoms with E-state index in [0.717, 1.165) is 36.4 Å². The first-order valence-corrected chi connectivity index (χ1v) is 18.5. The van der Waals surface area contributed by atoms with E-state index >= 15 is 0 Å². The second-order valence-electron chi connectivity index (χ2n) is 12.4. The predicted octanol–water partition coefficient (Wildman–Crippen LogP) is 6.84. The summed E-state index contributed by atoms with van der Waals surface area (Å²) in [6.45, 7) is 0. The molecule has 4 unspecified atom stereocenters. The molecular formula is C34H26F6N6O8S2. The molecule has 2 aliphatic rings. The maximum atomic E-state index is 14.1. The first-order chi connectivity index (χ1) is 27.0. The topological polar surface area (TPSA) is 252 Å².